The Balaban J connectivity index is 0.000001000. The van der Waals surface area contributed by atoms with Crippen molar-refractivity contribution >= 4 is 19.6 Å². The predicted octanol–water partition coefficient (Wildman–Crippen LogP) is 1.30. The third kappa shape index (κ3) is 4.25. The van der Waals surface area contributed by atoms with Gasteiger partial charge in [-0.15, -0.1) is 0 Å². The molecule has 5 rings (SSSR count). The quantitative estimate of drug-likeness (QED) is 0.555. The monoisotopic (exact) mass is 518 g/mol. The van der Waals surface area contributed by atoms with E-state index in [0.29, 0.717) is 11.6 Å². The molecular weight excluding hydrogens is 497 g/mol. The van der Waals surface area contributed by atoms with E-state index in [-0.39, 0.29) is 58.9 Å². The van der Waals surface area contributed by atoms with E-state index in [0.717, 1.165) is 12.2 Å². The first-order valence-corrected chi connectivity index (χ1v) is 10.9. The summed E-state index contributed by atoms with van der Waals surface area (Å²) in [6.45, 7) is 4.57. The normalized spacial score (nSPS) is 23.1. The maximum Gasteiger partial charge on any atom is 2.00 e. The number of furan rings is 1. The number of rotatable bonds is 4. The van der Waals surface area contributed by atoms with Crippen LogP contribution in [0.25, 0.3) is 11.6 Å². The molecule has 0 radical (unpaired) electrons. The fourth-order valence-corrected chi connectivity index (χ4v) is 7.70. The molecule has 2 aliphatic carbocycles. The van der Waals surface area contributed by atoms with Crippen molar-refractivity contribution in [3.63, 3.8) is 0 Å². The van der Waals surface area contributed by atoms with Gasteiger partial charge in [-0.05, 0) is 66.8 Å². The van der Waals surface area contributed by atoms with E-state index < -0.39 is 0 Å². The Hall–Kier alpha value is -0.647. The molecule has 0 bridgehead atoms. The second-order valence-electron chi connectivity index (χ2n) is 7.37. The summed E-state index contributed by atoms with van der Waals surface area (Å²) >= 11 is 0. The molecule has 1 aliphatic heterocycles. The SMILES string of the molecule is CCCc1ccc2c(c1)C=C(c1ccco1)C2P1C(C)=CC2C=CC=C21.[Cl-].[Cl-].[Zr+2]. The van der Waals surface area contributed by atoms with Crippen molar-refractivity contribution in [2.75, 3.05) is 0 Å². The van der Waals surface area contributed by atoms with Gasteiger partial charge in [-0.25, -0.2) is 0 Å². The van der Waals surface area contributed by atoms with E-state index >= 15 is 0 Å². The van der Waals surface area contributed by atoms with Crippen LogP contribution in [0.2, 0.25) is 0 Å². The predicted molar refractivity (Wildman–Crippen MR) is 111 cm³/mol. The summed E-state index contributed by atoms with van der Waals surface area (Å²) in [4.78, 5) is 0. The summed E-state index contributed by atoms with van der Waals surface area (Å²) < 4.78 is 5.85. The van der Waals surface area contributed by atoms with Gasteiger partial charge in [-0.1, -0.05) is 55.8 Å². The second kappa shape index (κ2) is 10.1. The smallest absolute Gasteiger partial charge is 1.00 e. The molecular formula is C24H23Cl2OPZr. The number of hydrogen-bond donors (Lipinski definition) is 0. The third-order valence-corrected chi connectivity index (χ3v) is 8.65. The van der Waals surface area contributed by atoms with Crippen LogP contribution < -0.4 is 24.8 Å². The molecule has 0 fully saturated rings. The molecule has 3 atom stereocenters. The first kappa shape index (κ1) is 24.6. The minimum absolute atomic E-state index is 0. The molecule has 148 valence electrons. The number of halogens is 2. The van der Waals surface area contributed by atoms with Gasteiger partial charge in [0.1, 0.15) is 5.76 Å². The van der Waals surface area contributed by atoms with Crippen LogP contribution in [0.5, 0.6) is 0 Å². The molecule has 0 N–H and O–H groups in total. The molecule has 3 aliphatic rings. The Morgan fingerprint density at radius 1 is 1.14 bits per heavy atom. The Morgan fingerprint density at radius 2 is 1.97 bits per heavy atom. The first-order chi connectivity index (χ1) is 12.8. The van der Waals surface area contributed by atoms with Crippen LogP contribution in [-0.4, -0.2) is 0 Å². The number of aryl methyl sites for hydroxylation is 1. The minimum Gasteiger partial charge on any atom is -1.00 e. The first-order valence-electron chi connectivity index (χ1n) is 9.50. The molecule has 0 amide bonds. The van der Waals surface area contributed by atoms with Gasteiger partial charge in [0.05, 0.1) is 6.26 Å². The zero-order valence-corrected chi connectivity index (χ0v) is 21.4. The summed E-state index contributed by atoms with van der Waals surface area (Å²) in [6, 6.07) is 11.2. The van der Waals surface area contributed by atoms with E-state index in [1.54, 1.807) is 16.9 Å². The molecule has 5 heteroatoms. The van der Waals surface area contributed by atoms with Gasteiger partial charge in [0.2, 0.25) is 0 Å². The van der Waals surface area contributed by atoms with Crippen LogP contribution in [0.1, 0.15) is 48.4 Å². The Kier molecular flexibility index (Phi) is 8.58. The Labute approximate surface area is 206 Å². The minimum atomic E-state index is -0.365. The van der Waals surface area contributed by atoms with Crippen molar-refractivity contribution in [2.45, 2.75) is 32.3 Å². The molecule has 3 unspecified atom stereocenters. The van der Waals surface area contributed by atoms with Gasteiger partial charge in [0.25, 0.3) is 0 Å². The van der Waals surface area contributed by atoms with Crippen molar-refractivity contribution < 1.29 is 55.4 Å². The average molecular weight is 521 g/mol. The second-order valence-corrected chi connectivity index (χ2v) is 9.85. The van der Waals surface area contributed by atoms with Gasteiger partial charge in [0.15, 0.2) is 0 Å². The fraction of sp³-hybridized carbons (Fsp3) is 0.250. The van der Waals surface area contributed by atoms with Gasteiger partial charge in [0, 0.05) is 17.2 Å². The molecule has 1 aromatic heterocycles. The van der Waals surface area contributed by atoms with E-state index in [2.05, 4.69) is 68.5 Å². The Morgan fingerprint density at radius 3 is 2.69 bits per heavy atom. The third-order valence-electron chi connectivity index (χ3n) is 5.66. The summed E-state index contributed by atoms with van der Waals surface area (Å²) in [6.07, 6.45) is 15.9. The molecule has 0 saturated heterocycles. The van der Waals surface area contributed by atoms with E-state index in [1.165, 1.54) is 28.7 Å². The van der Waals surface area contributed by atoms with E-state index in [9.17, 15) is 0 Å². The van der Waals surface area contributed by atoms with Gasteiger partial charge < -0.3 is 29.2 Å². The summed E-state index contributed by atoms with van der Waals surface area (Å²) in [5.41, 5.74) is 6.06. The maximum absolute atomic E-state index is 5.85. The van der Waals surface area contributed by atoms with Crippen LogP contribution >= 0.6 is 7.92 Å². The molecule has 1 aromatic carbocycles. The van der Waals surface area contributed by atoms with Gasteiger partial charge in [-0.3, -0.25) is 0 Å². The molecule has 2 aromatic rings. The summed E-state index contributed by atoms with van der Waals surface area (Å²) in [5, 5.41) is 3.15. The van der Waals surface area contributed by atoms with Gasteiger partial charge >= 0.3 is 26.2 Å². The van der Waals surface area contributed by atoms with Crippen molar-refractivity contribution in [1.29, 1.82) is 0 Å². The molecule has 0 saturated carbocycles. The number of hydrogen-bond acceptors (Lipinski definition) is 1. The van der Waals surface area contributed by atoms with Crippen LogP contribution in [0.4, 0.5) is 0 Å². The largest absolute Gasteiger partial charge is 2.00 e. The van der Waals surface area contributed by atoms with Crippen LogP contribution in [0.3, 0.4) is 0 Å². The van der Waals surface area contributed by atoms with E-state index in [1.807, 2.05) is 6.07 Å². The topological polar surface area (TPSA) is 13.1 Å². The molecule has 2 heterocycles. The fourth-order valence-electron chi connectivity index (χ4n) is 4.55. The zero-order chi connectivity index (χ0) is 17.7. The molecule has 0 spiro atoms. The van der Waals surface area contributed by atoms with Gasteiger partial charge in [-0.2, -0.15) is 0 Å². The van der Waals surface area contributed by atoms with Crippen molar-refractivity contribution in [3.8, 4) is 0 Å². The summed E-state index contributed by atoms with van der Waals surface area (Å²) in [5.74, 6) is 1.54. The maximum atomic E-state index is 5.85. The standard InChI is InChI=1S/C24H23OP.2ClH.Zr/c1-3-6-17-10-11-20-19(14-17)15-21(22-8-5-12-25-22)24(20)26-16(2)13-18-7-4-9-23(18)26;;;/h4-5,7-15,18,24H,3,6H2,1-2H3;2*1H;/q;;;+2/p-2. The van der Waals surface area contributed by atoms with E-state index in [4.69, 9.17) is 4.42 Å². The van der Waals surface area contributed by atoms with Crippen molar-refractivity contribution in [3.05, 3.63) is 94.0 Å². The van der Waals surface area contributed by atoms with Crippen LogP contribution in [-0.2, 0) is 32.6 Å². The number of benzene rings is 1. The van der Waals surface area contributed by atoms with Crippen molar-refractivity contribution in [1.82, 2.24) is 0 Å². The van der Waals surface area contributed by atoms with Crippen LogP contribution in [0, 0.1) is 5.92 Å². The number of allylic oxidation sites excluding steroid dienone is 7. The molecule has 1 nitrogen and oxygen atoms in total. The molecule has 29 heavy (non-hydrogen) atoms. The summed E-state index contributed by atoms with van der Waals surface area (Å²) in [7, 11) is -0.365. The number of fused-ring (bicyclic) bond motifs is 2. The average Bonchev–Trinajstić information content (AvgIpc) is 3.37. The zero-order valence-electron chi connectivity index (χ0n) is 16.5. The van der Waals surface area contributed by atoms with Crippen molar-refractivity contribution in [2.24, 2.45) is 5.92 Å². The van der Waals surface area contributed by atoms with Crippen LogP contribution in [0.15, 0.2) is 75.9 Å². The Bertz CT molecular complexity index is 988.